The highest BCUT2D eigenvalue weighted by Crippen LogP contribution is 2.50. The van der Waals surface area contributed by atoms with Gasteiger partial charge in [-0.15, -0.1) is 0 Å². The predicted octanol–water partition coefficient (Wildman–Crippen LogP) is 5.18. The molecule has 168 valence electrons. The molecule has 0 bridgehead atoms. The quantitative estimate of drug-likeness (QED) is 0.508. The average molecular weight is 447 g/mol. The van der Waals surface area contributed by atoms with Crippen molar-refractivity contribution in [3.05, 3.63) is 59.2 Å². The van der Waals surface area contributed by atoms with E-state index in [1.54, 1.807) is 12.1 Å². The van der Waals surface area contributed by atoms with E-state index < -0.39 is 29.4 Å². The fourth-order valence-corrected chi connectivity index (χ4v) is 3.33. The van der Waals surface area contributed by atoms with Crippen LogP contribution in [-0.2, 0) is 10.4 Å². The number of hydroxylamine groups is 2. The molecule has 3 rings (SSSR count). The lowest BCUT2D eigenvalue weighted by Gasteiger charge is -2.32. The Morgan fingerprint density at radius 2 is 1.55 bits per heavy atom. The van der Waals surface area contributed by atoms with Gasteiger partial charge in [-0.3, -0.25) is 9.63 Å². The summed E-state index contributed by atoms with van der Waals surface area (Å²) in [5.74, 6) is -0.260. The zero-order chi connectivity index (χ0) is 23.2. The van der Waals surface area contributed by atoms with E-state index in [1.807, 2.05) is 0 Å². The first-order chi connectivity index (χ1) is 14.3. The summed E-state index contributed by atoms with van der Waals surface area (Å²) >= 11 is 0. The number of alkyl halides is 6. The molecule has 4 nitrogen and oxygen atoms in total. The van der Waals surface area contributed by atoms with E-state index in [9.17, 15) is 36.2 Å². The van der Waals surface area contributed by atoms with E-state index >= 15 is 0 Å². The number of amides is 1. The van der Waals surface area contributed by atoms with Crippen molar-refractivity contribution >= 4 is 5.91 Å². The van der Waals surface area contributed by atoms with Crippen LogP contribution in [0.15, 0.2) is 42.5 Å². The normalized spacial score (nSPS) is 15.1. The van der Waals surface area contributed by atoms with Crippen LogP contribution in [0, 0.1) is 0 Å². The summed E-state index contributed by atoms with van der Waals surface area (Å²) < 4.78 is 78.5. The fourth-order valence-electron chi connectivity index (χ4n) is 3.33. The van der Waals surface area contributed by atoms with Crippen molar-refractivity contribution in [3.8, 4) is 11.1 Å². The summed E-state index contributed by atoms with van der Waals surface area (Å²) in [6.45, 7) is 0. The molecule has 31 heavy (non-hydrogen) atoms. The third-order valence-corrected chi connectivity index (χ3v) is 5.31. The third kappa shape index (κ3) is 4.14. The number of rotatable bonds is 5. The fraction of sp³-hybridized carbons (Fsp3) is 0.381. The Bertz CT molecular complexity index is 951. The molecule has 0 radical (unpaired) electrons. The van der Waals surface area contributed by atoms with Crippen molar-refractivity contribution in [1.29, 1.82) is 0 Å². The predicted molar refractivity (Wildman–Crippen MR) is 99.0 cm³/mol. The summed E-state index contributed by atoms with van der Waals surface area (Å²) in [5.41, 5.74) is -4.22. The SMILES string of the molecule is CON(C)C(=O)c1ccc(-c2ccc(C(O)(C(F)(F)F)C(F)(F)F)cc2)c(C2CC2)c1. The topological polar surface area (TPSA) is 49.8 Å². The molecule has 1 N–H and O–H groups in total. The molecule has 1 fully saturated rings. The number of aliphatic hydroxyl groups is 1. The van der Waals surface area contributed by atoms with Crippen molar-refractivity contribution in [2.75, 3.05) is 14.2 Å². The molecule has 10 heteroatoms. The van der Waals surface area contributed by atoms with E-state index in [0.717, 1.165) is 35.6 Å². The zero-order valence-corrected chi connectivity index (χ0v) is 16.5. The molecule has 0 atom stereocenters. The van der Waals surface area contributed by atoms with Gasteiger partial charge >= 0.3 is 12.4 Å². The van der Waals surface area contributed by atoms with E-state index in [2.05, 4.69) is 0 Å². The molecule has 1 aliphatic carbocycles. The van der Waals surface area contributed by atoms with Gasteiger partial charge in [0.15, 0.2) is 0 Å². The summed E-state index contributed by atoms with van der Waals surface area (Å²) in [6.07, 6.45) is -10.2. The molecule has 1 aliphatic rings. The lowest BCUT2D eigenvalue weighted by Crippen LogP contribution is -2.53. The van der Waals surface area contributed by atoms with Crippen molar-refractivity contribution in [2.45, 2.75) is 36.7 Å². The molecule has 0 saturated heterocycles. The van der Waals surface area contributed by atoms with Gasteiger partial charge in [-0.1, -0.05) is 30.3 Å². The van der Waals surface area contributed by atoms with Crippen LogP contribution in [0.1, 0.15) is 40.2 Å². The number of carbonyl (C=O) groups excluding carboxylic acids is 1. The number of halogens is 6. The molecule has 0 unspecified atom stereocenters. The maximum absolute atomic E-state index is 13.1. The van der Waals surface area contributed by atoms with Crippen LogP contribution in [0.4, 0.5) is 26.3 Å². The third-order valence-electron chi connectivity index (χ3n) is 5.31. The van der Waals surface area contributed by atoms with E-state index in [-0.39, 0.29) is 5.92 Å². The molecule has 2 aromatic rings. The molecule has 0 aliphatic heterocycles. The molecular formula is C21H19F6NO3. The Hall–Kier alpha value is -2.59. The molecule has 2 aromatic carbocycles. The summed E-state index contributed by atoms with van der Waals surface area (Å²) in [4.78, 5) is 17.2. The van der Waals surface area contributed by atoms with Gasteiger partial charge < -0.3 is 5.11 Å². The number of hydrogen-bond donors (Lipinski definition) is 1. The standard InChI is InChI=1S/C21H19F6NO3/c1-28(31-2)18(29)14-7-10-16(17(11-14)13-3-4-13)12-5-8-15(9-6-12)19(30,20(22,23)24)21(25,26)27/h5-11,13,30H,3-4H2,1-2H3. The monoisotopic (exact) mass is 447 g/mol. The second kappa shape index (κ2) is 7.83. The van der Waals surface area contributed by atoms with Crippen molar-refractivity contribution in [2.24, 2.45) is 0 Å². The Morgan fingerprint density at radius 1 is 1.00 bits per heavy atom. The molecule has 1 saturated carbocycles. The number of benzene rings is 2. The lowest BCUT2D eigenvalue weighted by atomic mass is 9.89. The largest absolute Gasteiger partial charge is 0.430 e. The van der Waals surface area contributed by atoms with Gasteiger partial charge in [0, 0.05) is 18.2 Å². The van der Waals surface area contributed by atoms with Gasteiger partial charge in [0.25, 0.3) is 11.5 Å². The molecule has 1 amide bonds. The van der Waals surface area contributed by atoms with E-state index in [1.165, 1.54) is 20.2 Å². The maximum atomic E-state index is 13.1. The van der Waals surface area contributed by atoms with Crippen molar-refractivity contribution in [1.82, 2.24) is 5.06 Å². The second-order valence-corrected chi connectivity index (χ2v) is 7.34. The Balaban J connectivity index is 2.02. The van der Waals surface area contributed by atoms with Crippen LogP contribution in [0.3, 0.4) is 0 Å². The zero-order valence-electron chi connectivity index (χ0n) is 16.5. The number of carbonyl (C=O) groups is 1. The van der Waals surface area contributed by atoms with E-state index in [4.69, 9.17) is 4.84 Å². The first-order valence-electron chi connectivity index (χ1n) is 9.24. The van der Waals surface area contributed by atoms with Gasteiger partial charge in [-0.2, -0.15) is 26.3 Å². The summed E-state index contributed by atoms with van der Waals surface area (Å²) in [6, 6.07) is 8.19. The van der Waals surface area contributed by atoms with Crippen LogP contribution in [0.25, 0.3) is 11.1 Å². The minimum Gasteiger partial charge on any atom is -0.369 e. The molecule has 0 heterocycles. The minimum absolute atomic E-state index is 0.137. The van der Waals surface area contributed by atoms with Gasteiger partial charge in [0.05, 0.1) is 7.11 Å². The highest BCUT2D eigenvalue weighted by atomic mass is 19.4. The maximum Gasteiger partial charge on any atom is 0.430 e. The second-order valence-electron chi connectivity index (χ2n) is 7.34. The number of nitrogens with zero attached hydrogens (tertiary/aromatic N) is 1. The van der Waals surface area contributed by atoms with Crippen LogP contribution >= 0.6 is 0 Å². The molecular weight excluding hydrogens is 428 g/mol. The van der Waals surface area contributed by atoms with E-state index in [0.29, 0.717) is 28.8 Å². The summed E-state index contributed by atoms with van der Waals surface area (Å²) in [5, 5.41) is 10.6. The first-order valence-corrected chi connectivity index (χ1v) is 9.24. The Labute approximate surface area is 174 Å². The van der Waals surface area contributed by atoms with Crippen LogP contribution in [-0.4, -0.2) is 42.6 Å². The first kappa shape index (κ1) is 23.1. The average Bonchev–Trinajstić information content (AvgIpc) is 3.55. The van der Waals surface area contributed by atoms with Gasteiger partial charge in [0.2, 0.25) is 0 Å². The van der Waals surface area contributed by atoms with Crippen LogP contribution in [0.2, 0.25) is 0 Å². The Kier molecular flexibility index (Phi) is 5.83. The Morgan fingerprint density at radius 3 is 2.00 bits per heavy atom. The van der Waals surface area contributed by atoms with Crippen molar-refractivity contribution < 1.29 is 41.1 Å². The number of hydrogen-bond acceptors (Lipinski definition) is 3. The van der Waals surface area contributed by atoms with Gasteiger partial charge in [-0.25, -0.2) is 5.06 Å². The summed E-state index contributed by atoms with van der Waals surface area (Å²) in [7, 11) is 2.77. The molecule has 0 aromatic heterocycles. The lowest BCUT2D eigenvalue weighted by molar-refractivity contribution is -0.376. The van der Waals surface area contributed by atoms with Crippen molar-refractivity contribution in [3.63, 3.8) is 0 Å². The van der Waals surface area contributed by atoms with Crippen LogP contribution < -0.4 is 0 Å². The highest BCUT2D eigenvalue weighted by Gasteiger charge is 2.71. The van der Waals surface area contributed by atoms with Crippen LogP contribution in [0.5, 0.6) is 0 Å². The van der Waals surface area contributed by atoms with Gasteiger partial charge in [-0.05, 0) is 47.6 Å². The highest BCUT2D eigenvalue weighted by molar-refractivity contribution is 5.94. The minimum atomic E-state index is -5.94. The van der Waals surface area contributed by atoms with Gasteiger partial charge in [0.1, 0.15) is 0 Å². The molecule has 0 spiro atoms. The smallest absolute Gasteiger partial charge is 0.369 e.